The highest BCUT2D eigenvalue weighted by Crippen LogP contribution is 2.38. The third kappa shape index (κ3) is 4.59. The molecule has 41 heavy (non-hydrogen) atoms. The molecule has 4 fully saturated rings. The van der Waals surface area contributed by atoms with E-state index in [4.69, 9.17) is 26.1 Å². The highest BCUT2D eigenvalue weighted by atomic mass is 35.5. The van der Waals surface area contributed by atoms with Crippen LogP contribution in [0.2, 0.25) is 5.02 Å². The van der Waals surface area contributed by atoms with Gasteiger partial charge in [0.1, 0.15) is 17.0 Å². The maximum atomic E-state index is 16.5. The van der Waals surface area contributed by atoms with Crippen molar-refractivity contribution in [3.63, 3.8) is 0 Å². The minimum Gasteiger partial charge on any atom is -0.463 e. The number of halogens is 2. The zero-order valence-electron chi connectivity index (χ0n) is 22.7. The van der Waals surface area contributed by atoms with Crippen LogP contribution in [0.3, 0.4) is 0 Å². The molecule has 4 aromatic rings. The smallest absolute Gasteiger partial charge is 0.319 e. The lowest BCUT2D eigenvalue weighted by Gasteiger charge is -2.34. The maximum Gasteiger partial charge on any atom is 0.319 e. The van der Waals surface area contributed by atoms with Crippen LogP contribution in [0.15, 0.2) is 42.6 Å². The third-order valence-corrected chi connectivity index (χ3v) is 9.42. The van der Waals surface area contributed by atoms with Crippen LogP contribution in [-0.2, 0) is 4.74 Å². The fraction of sp³-hybridized carbons (Fsp3) is 0.452. The second-order valence-electron chi connectivity index (χ2n) is 11.7. The van der Waals surface area contributed by atoms with Crippen LogP contribution in [0.5, 0.6) is 6.01 Å². The number of rotatable bonds is 7. The van der Waals surface area contributed by atoms with Gasteiger partial charge in [0.25, 0.3) is 0 Å². The molecule has 212 valence electrons. The molecule has 0 radical (unpaired) electrons. The third-order valence-electron chi connectivity index (χ3n) is 9.10. The fourth-order valence-electron chi connectivity index (χ4n) is 7.16. The van der Waals surface area contributed by atoms with E-state index in [0.29, 0.717) is 52.6 Å². The summed E-state index contributed by atoms with van der Waals surface area (Å²) in [5.41, 5.74) is 1.08. The van der Waals surface area contributed by atoms with Gasteiger partial charge in [-0.05, 0) is 37.1 Å². The molecule has 2 aromatic carbocycles. The largest absolute Gasteiger partial charge is 0.463 e. The van der Waals surface area contributed by atoms with Gasteiger partial charge in [-0.15, -0.1) is 0 Å². The fourth-order valence-corrected chi connectivity index (χ4v) is 7.45. The number of fused-ring (bicyclic) bond motifs is 6. The molecule has 4 aliphatic rings. The zero-order valence-corrected chi connectivity index (χ0v) is 23.5. The Morgan fingerprint density at radius 2 is 1.90 bits per heavy atom. The summed E-state index contributed by atoms with van der Waals surface area (Å²) in [6.07, 6.45) is 6.32. The first-order valence-electron chi connectivity index (χ1n) is 14.6. The van der Waals surface area contributed by atoms with Crippen LogP contribution in [0, 0.1) is 5.82 Å². The lowest BCUT2D eigenvalue weighted by atomic mass is 10.0. The summed E-state index contributed by atoms with van der Waals surface area (Å²) in [4.78, 5) is 18.8. The number of nitrogens with zero attached hydrogens (tertiary/aromatic N) is 5. The standard InChI is InChI=1S/C31H32ClFN6O2/c32-25-7-2-5-18-4-1-6-23(26(18)25)28-27(33)29-24(13-34-28)30(39-14-19-8-9-20(15-39)35-19)37-31(36-29)40-11-3-10-38-16-22-12-21(38)17-41-22/h1-2,4-7,13,19-22,35H,3,8-12,14-17H2/t19-,20+,21-,22-/m0/s1. The molecule has 4 aliphatic heterocycles. The van der Waals surface area contributed by atoms with Gasteiger partial charge in [0.15, 0.2) is 5.82 Å². The summed E-state index contributed by atoms with van der Waals surface area (Å²) in [5.74, 6) is 0.195. The number of aromatic nitrogens is 3. The van der Waals surface area contributed by atoms with E-state index in [1.807, 2.05) is 36.4 Å². The second-order valence-corrected chi connectivity index (χ2v) is 12.1. The van der Waals surface area contributed by atoms with Crippen molar-refractivity contribution in [2.24, 2.45) is 0 Å². The Labute approximate surface area is 242 Å². The minimum absolute atomic E-state index is 0.205. The highest BCUT2D eigenvalue weighted by molar-refractivity contribution is 6.36. The number of anilines is 1. The monoisotopic (exact) mass is 574 g/mol. The van der Waals surface area contributed by atoms with Crippen molar-refractivity contribution in [2.45, 2.75) is 49.9 Å². The van der Waals surface area contributed by atoms with Gasteiger partial charge in [-0.2, -0.15) is 9.97 Å². The van der Waals surface area contributed by atoms with Gasteiger partial charge in [-0.3, -0.25) is 9.88 Å². The van der Waals surface area contributed by atoms with Gasteiger partial charge in [-0.25, -0.2) is 4.39 Å². The number of ether oxygens (including phenoxy) is 2. The number of hydrogen-bond acceptors (Lipinski definition) is 8. The van der Waals surface area contributed by atoms with Crippen molar-refractivity contribution in [3.05, 3.63) is 53.4 Å². The summed E-state index contributed by atoms with van der Waals surface area (Å²) in [7, 11) is 0. The number of pyridine rings is 1. The Kier molecular flexibility index (Phi) is 6.43. The van der Waals surface area contributed by atoms with Crippen molar-refractivity contribution in [2.75, 3.05) is 44.3 Å². The Balaban J connectivity index is 1.15. The van der Waals surface area contributed by atoms with E-state index in [1.54, 1.807) is 6.20 Å². The SMILES string of the molecule is Fc1c(-c2cccc3cccc(Cl)c23)ncc2c(N3C[C@H]4CC[C@@H](C3)N4)nc(OCCCN3C[C@@H]4C[C@H]3CO4)nc12. The Hall–Kier alpha value is -3.11. The average molecular weight is 575 g/mol. The second kappa shape index (κ2) is 10.3. The number of hydrogen-bond donors (Lipinski definition) is 1. The molecule has 2 aromatic heterocycles. The maximum absolute atomic E-state index is 16.5. The van der Waals surface area contributed by atoms with E-state index in [0.717, 1.165) is 69.2 Å². The molecule has 0 aliphatic carbocycles. The van der Waals surface area contributed by atoms with Crippen LogP contribution in [0.4, 0.5) is 10.2 Å². The van der Waals surface area contributed by atoms with Crippen molar-refractivity contribution in [3.8, 4) is 17.3 Å². The molecule has 10 heteroatoms. The predicted octanol–water partition coefficient (Wildman–Crippen LogP) is 4.82. The Morgan fingerprint density at radius 1 is 1.07 bits per heavy atom. The number of likely N-dealkylation sites (tertiary alicyclic amines) is 1. The Morgan fingerprint density at radius 3 is 2.68 bits per heavy atom. The van der Waals surface area contributed by atoms with Crippen LogP contribution < -0.4 is 15.0 Å². The normalized spacial score (nSPS) is 25.6. The van der Waals surface area contributed by atoms with Crippen molar-refractivity contribution in [1.29, 1.82) is 0 Å². The topological polar surface area (TPSA) is 75.6 Å². The first kappa shape index (κ1) is 25.6. The van der Waals surface area contributed by atoms with E-state index in [-0.39, 0.29) is 17.2 Å². The van der Waals surface area contributed by atoms with Crippen molar-refractivity contribution < 1.29 is 13.9 Å². The van der Waals surface area contributed by atoms with Crippen LogP contribution in [0.25, 0.3) is 32.9 Å². The zero-order chi connectivity index (χ0) is 27.5. The summed E-state index contributed by atoms with van der Waals surface area (Å²) < 4.78 is 28.3. The highest BCUT2D eigenvalue weighted by Gasteiger charge is 2.38. The molecule has 0 unspecified atom stereocenters. The molecule has 4 bridgehead atoms. The number of benzene rings is 2. The predicted molar refractivity (Wildman–Crippen MR) is 157 cm³/mol. The summed E-state index contributed by atoms with van der Waals surface area (Å²) in [6, 6.07) is 12.9. The van der Waals surface area contributed by atoms with Gasteiger partial charge in [0.05, 0.1) is 24.7 Å². The first-order valence-corrected chi connectivity index (χ1v) is 15.0. The lowest BCUT2D eigenvalue weighted by Crippen LogP contribution is -2.51. The van der Waals surface area contributed by atoms with Gasteiger partial charge < -0.3 is 19.7 Å². The molecular weight excluding hydrogens is 543 g/mol. The number of nitrogens with one attached hydrogen (secondary N) is 1. The molecule has 4 atom stereocenters. The van der Waals surface area contributed by atoms with E-state index in [2.05, 4.69) is 25.1 Å². The van der Waals surface area contributed by atoms with Gasteiger partial charge >= 0.3 is 6.01 Å². The minimum atomic E-state index is -0.491. The van der Waals surface area contributed by atoms with Gasteiger partial charge in [0.2, 0.25) is 0 Å². The molecular formula is C31H32ClFN6O2. The van der Waals surface area contributed by atoms with E-state index in [1.165, 1.54) is 0 Å². The van der Waals surface area contributed by atoms with Gasteiger partial charge in [-0.1, -0.05) is 41.9 Å². The number of piperazine rings is 1. The lowest BCUT2D eigenvalue weighted by molar-refractivity contribution is 0.0287. The molecule has 0 saturated carbocycles. The van der Waals surface area contributed by atoms with Crippen LogP contribution in [0.1, 0.15) is 25.7 Å². The summed E-state index contributed by atoms with van der Waals surface area (Å²) >= 11 is 6.59. The molecule has 4 saturated heterocycles. The molecule has 6 heterocycles. The first-order chi connectivity index (χ1) is 20.1. The molecule has 8 rings (SSSR count). The van der Waals surface area contributed by atoms with Crippen molar-refractivity contribution >= 4 is 39.1 Å². The van der Waals surface area contributed by atoms with E-state index < -0.39 is 5.82 Å². The quantitative estimate of drug-likeness (QED) is 0.315. The average Bonchev–Trinajstić information content (AvgIpc) is 3.71. The van der Waals surface area contributed by atoms with E-state index >= 15 is 4.39 Å². The molecule has 8 nitrogen and oxygen atoms in total. The molecule has 1 N–H and O–H groups in total. The van der Waals surface area contributed by atoms with Crippen LogP contribution >= 0.6 is 11.6 Å². The summed E-state index contributed by atoms with van der Waals surface area (Å²) in [5, 5.41) is 6.52. The van der Waals surface area contributed by atoms with Crippen molar-refractivity contribution in [1.82, 2.24) is 25.2 Å². The molecule has 0 spiro atoms. The van der Waals surface area contributed by atoms with Gasteiger partial charge in [0, 0.05) is 66.5 Å². The van der Waals surface area contributed by atoms with Crippen LogP contribution in [-0.4, -0.2) is 83.5 Å². The Bertz CT molecular complexity index is 1620. The van der Waals surface area contributed by atoms with E-state index in [9.17, 15) is 0 Å². The molecule has 0 amide bonds. The number of morpholine rings is 1. The summed E-state index contributed by atoms with van der Waals surface area (Å²) in [6.45, 7) is 4.84.